The van der Waals surface area contributed by atoms with Crippen LogP contribution in [0.15, 0.2) is 53.4 Å². The number of carbonyl (C=O) groups is 3. The highest BCUT2D eigenvalue weighted by atomic mass is 32.2. The number of thioether (sulfide) groups is 1. The number of amides is 2. The molecule has 8 nitrogen and oxygen atoms in total. The Bertz CT molecular complexity index is 942. The molecule has 2 amide bonds. The number of carbonyl (C=O) groups excluding carboxylic acids is 3. The number of rotatable bonds is 10. The van der Waals surface area contributed by atoms with E-state index in [1.54, 1.807) is 49.6 Å². The van der Waals surface area contributed by atoms with Gasteiger partial charge >= 0.3 is 5.97 Å². The van der Waals surface area contributed by atoms with Crippen molar-refractivity contribution in [2.45, 2.75) is 4.90 Å². The first kappa shape index (κ1) is 22.9. The third kappa shape index (κ3) is 7.58. The molecular formula is C21H21N3O5S. The second kappa shape index (κ2) is 12.3. The smallest absolute Gasteiger partial charge is 0.339 e. The van der Waals surface area contributed by atoms with E-state index in [4.69, 9.17) is 14.7 Å². The van der Waals surface area contributed by atoms with Gasteiger partial charge in [0.1, 0.15) is 0 Å². The van der Waals surface area contributed by atoms with Crippen molar-refractivity contribution in [3.63, 3.8) is 0 Å². The summed E-state index contributed by atoms with van der Waals surface area (Å²) in [5, 5.41) is 14.2. The monoisotopic (exact) mass is 427 g/mol. The fourth-order valence-corrected chi connectivity index (χ4v) is 3.19. The molecule has 0 aromatic heterocycles. The minimum Gasteiger partial charge on any atom is -0.452 e. The Balaban J connectivity index is 1.88. The molecule has 30 heavy (non-hydrogen) atoms. The third-order valence-corrected chi connectivity index (χ3v) is 4.78. The van der Waals surface area contributed by atoms with Crippen molar-refractivity contribution in [2.24, 2.45) is 0 Å². The second-order valence-corrected chi connectivity index (χ2v) is 6.96. The summed E-state index contributed by atoms with van der Waals surface area (Å²) in [6.45, 7) is 0.347. The van der Waals surface area contributed by atoms with E-state index in [1.807, 2.05) is 6.07 Å². The van der Waals surface area contributed by atoms with Crippen molar-refractivity contribution < 1.29 is 23.9 Å². The fourth-order valence-electron chi connectivity index (χ4n) is 2.32. The average molecular weight is 427 g/mol. The molecule has 0 aliphatic heterocycles. The second-order valence-electron chi connectivity index (χ2n) is 5.94. The lowest BCUT2D eigenvalue weighted by Gasteiger charge is -2.10. The summed E-state index contributed by atoms with van der Waals surface area (Å²) in [6, 6.07) is 15.1. The molecule has 0 fully saturated rings. The van der Waals surface area contributed by atoms with Gasteiger partial charge in [0.2, 0.25) is 5.91 Å². The van der Waals surface area contributed by atoms with Gasteiger partial charge in [0.05, 0.1) is 29.6 Å². The van der Waals surface area contributed by atoms with E-state index >= 15 is 0 Å². The SMILES string of the molecule is COCCNC(=O)CSc1ccccc1C(=O)OCC(=O)Nc1cccc(C#N)c1. The summed E-state index contributed by atoms with van der Waals surface area (Å²) < 4.78 is 9.97. The number of hydrogen-bond donors (Lipinski definition) is 2. The first-order chi connectivity index (χ1) is 14.5. The van der Waals surface area contributed by atoms with Crippen LogP contribution in [0.1, 0.15) is 15.9 Å². The van der Waals surface area contributed by atoms with Gasteiger partial charge < -0.3 is 20.1 Å². The van der Waals surface area contributed by atoms with Crippen LogP contribution in [-0.2, 0) is 19.1 Å². The summed E-state index contributed by atoms with van der Waals surface area (Å²) in [6.07, 6.45) is 0. The number of nitrogens with zero attached hydrogens (tertiary/aromatic N) is 1. The van der Waals surface area contributed by atoms with Crippen molar-refractivity contribution in [3.05, 3.63) is 59.7 Å². The molecule has 0 atom stereocenters. The molecule has 2 rings (SSSR count). The van der Waals surface area contributed by atoms with E-state index in [1.165, 1.54) is 17.8 Å². The molecule has 9 heteroatoms. The lowest BCUT2D eigenvalue weighted by molar-refractivity contribution is -0.119. The molecule has 0 radical (unpaired) electrons. The lowest BCUT2D eigenvalue weighted by atomic mass is 10.2. The topological polar surface area (TPSA) is 118 Å². The standard InChI is InChI=1S/C21H21N3O5S/c1-28-10-9-23-20(26)14-30-18-8-3-2-7-17(18)21(27)29-13-19(25)24-16-6-4-5-15(11-16)12-22/h2-8,11H,9-10,13-14H2,1H3,(H,23,26)(H,24,25). The third-order valence-electron chi connectivity index (χ3n) is 3.70. The minimum absolute atomic E-state index is 0.129. The van der Waals surface area contributed by atoms with E-state index < -0.39 is 18.5 Å². The number of anilines is 1. The van der Waals surface area contributed by atoms with Crippen molar-refractivity contribution >= 4 is 35.2 Å². The van der Waals surface area contributed by atoms with Crippen molar-refractivity contribution in [1.82, 2.24) is 5.32 Å². The van der Waals surface area contributed by atoms with Gasteiger partial charge in [-0.1, -0.05) is 18.2 Å². The zero-order chi connectivity index (χ0) is 21.8. The maximum absolute atomic E-state index is 12.4. The quantitative estimate of drug-likeness (QED) is 0.339. The van der Waals surface area contributed by atoms with Crippen LogP contribution in [-0.4, -0.2) is 50.4 Å². The lowest BCUT2D eigenvalue weighted by Crippen LogP contribution is -2.28. The number of ether oxygens (including phenoxy) is 2. The van der Waals surface area contributed by atoms with Gasteiger partial charge in [0.25, 0.3) is 5.91 Å². The van der Waals surface area contributed by atoms with E-state index in [0.29, 0.717) is 29.3 Å². The highest BCUT2D eigenvalue weighted by Gasteiger charge is 2.15. The van der Waals surface area contributed by atoms with Crippen LogP contribution >= 0.6 is 11.8 Å². The summed E-state index contributed by atoms with van der Waals surface area (Å²) in [5.41, 5.74) is 1.11. The molecule has 0 spiro atoms. The van der Waals surface area contributed by atoms with Gasteiger partial charge in [-0.05, 0) is 30.3 Å². The predicted octanol–water partition coefficient (Wildman–Crippen LogP) is 2.21. The Labute approximate surface area is 178 Å². The molecule has 0 bridgehead atoms. The Morgan fingerprint density at radius 1 is 1.10 bits per heavy atom. The highest BCUT2D eigenvalue weighted by Crippen LogP contribution is 2.23. The van der Waals surface area contributed by atoms with Gasteiger partial charge in [-0.25, -0.2) is 4.79 Å². The molecule has 0 saturated heterocycles. The van der Waals surface area contributed by atoms with E-state index in [-0.39, 0.29) is 17.2 Å². The Morgan fingerprint density at radius 3 is 2.67 bits per heavy atom. The molecule has 2 aromatic carbocycles. The van der Waals surface area contributed by atoms with Gasteiger partial charge in [0, 0.05) is 24.2 Å². The fraction of sp³-hybridized carbons (Fsp3) is 0.238. The van der Waals surface area contributed by atoms with Crippen molar-refractivity contribution in [3.8, 4) is 6.07 Å². The number of esters is 1. The molecule has 2 aromatic rings. The van der Waals surface area contributed by atoms with E-state index in [2.05, 4.69) is 10.6 Å². The van der Waals surface area contributed by atoms with Gasteiger partial charge in [-0.15, -0.1) is 11.8 Å². The maximum Gasteiger partial charge on any atom is 0.339 e. The molecule has 0 aliphatic carbocycles. The molecule has 0 aliphatic rings. The van der Waals surface area contributed by atoms with Crippen LogP contribution in [0.4, 0.5) is 5.69 Å². The zero-order valence-corrected chi connectivity index (χ0v) is 17.2. The number of benzene rings is 2. The maximum atomic E-state index is 12.4. The van der Waals surface area contributed by atoms with Crippen LogP contribution in [0, 0.1) is 11.3 Å². The molecule has 0 heterocycles. The summed E-state index contributed by atoms with van der Waals surface area (Å²) >= 11 is 1.20. The molecule has 0 unspecified atom stereocenters. The van der Waals surface area contributed by atoms with Gasteiger partial charge in [0.15, 0.2) is 6.61 Å². The Kier molecular flexibility index (Phi) is 9.37. The number of nitriles is 1. The molecular weight excluding hydrogens is 406 g/mol. The number of methoxy groups -OCH3 is 1. The summed E-state index contributed by atoms with van der Waals surface area (Å²) in [4.78, 5) is 36.8. The number of nitrogens with one attached hydrogen (secondary N) is 2. The normalized spacial score (nSPS) is 10.0. The molecule has 0 saturated carbocycles. The van der Waals surface area contributed by atoms with Crippen molar-refractivity contribution in [1.29, 1.82) is 5.26 Å². The Hall–Kier alpha value is -3.35. The van der Waals surface area contributed by atoms with Gasteiger partial charge in [-0.2, -0.15) is 5.26 Å². The van der Waals surface area contributed by atoms with Crippen LogP contribution < -0.4 is 10.6 Å². The van der Waals surface area contributed by atoms with Crippen LogP contribution in [0.5, 0.6) is 0 Å². The van der Waals surface area contributed by atoms with Crippen LogP contribution in [0.25, 0.3) is 0 Å². The summed E-state index contributed by atoms with van der Waals surface area (Å²) in [5.74, 6) is -1.25. The van der Waals surface area contributed by atoms with Crippen LogP contribution in [0.3, 0.4) is 0 Å². The first-order valence-electron chi connectivity index (χ1n) is 8.98. The zero-order valence-electron chi connectivity index (χ0n) is 16.3. The first-order valence-corrected chi connectivity index (χ1v) is 9.96. The van der Waals surface area contributed by atoms with E-state index in [0.717, 1.165) is 0 Å². The molecule has 2 N–H and O–H groups in total. The highest BCUT2D eigenvalue weighted by molar-refractivity contribution is 8.00. The van der Waals surface area contributed by atoms with E-state index in [9.17, 15) is 14.4 Å². The average Bonchev–Trinajstić information content (AvgIpc) is 2.76. The predicted molar refractivity (Wildman–Crippen MR) is 112 cm³/mol. The Morgan fingerprint density at radius 2 is 1.90 bits per heavy atom. The largest absolute Gasteiger partial charge is 0.452 e. The molecule has 156 valence electrons. The van der Waals surface area contributed by atoms with Crippen molar-refractivity contribution in [2.75, 3.05) is 37.9 Å². The van der Waals surface area contributed by atoms with Gasteiger partial charge in [-0.3, -0.25) is 9.59 Å². The van der Waals surface area contributed by atoms with Crippen LogP contribution in [0.2, 0.25) is 0 Å². The number of hydrogen-bond acceptors (Lipinski definition) is 7. The minimum atomic E-state index is -0.668. The summed E-state index contributed by atoms with van der Waals surface area (Å²) in [7, 11) is 1.55.